The lowest BCUT2D eigenvalue weighted by molar-refractivity contribution is -0.119. The van der Waals surface area contributed by atoms with Crippen LogP contribution in [0.15, 0.2) is 18.2 Å². The number of hydrogen-bond donors (Lipinski definition) is 2. The molecule has 0 aromatic heterocycles. The molecule has 1 rings (SSSR count). The van der Waals surface area contributed by atoms with Gasteiger partial charge in [-0.15, -0.1) is 11.6 Å². The van der Waals surface area contributed by atoms with Gasteiger partial charge < -0.3 is 5.32 Å². The Morgan fingerprint density at radius 1 is 1.32 bits per heavy atom. The zero-order chi connectivity index (χ0) is 14.4. The van der Waals surface area contributed by atoms with Crippen LogP contribution >= 0.6 is 34.8 Å². The molecule has 0 saturated carbocycles. The Labute approximate surface area is 126 Å². The lowest BCUT2D eigenvalue weighted by Gasteiger charge is -2.16. The number of carbonyl (C=O) groups excluding carboxylic acids is 2. The summed E-state index contributed by atoms with van der Waals surface area (Å²) in [6.45, 7) is 1.75. The molecular weight excluding hydrogens is 311 g/mol. The van der Waals surface area contributed by atoms with Crippen LogP contribution in [0.2, 0.25) is 10.0 Å². The average Bonchev–Trinajstić information content (AvgIpc) is 2.28. The Hall–Kier alpha value is -0.970. The van der Waals surface area contributed by atoms with E-state index in [0.29, 0.717) is 15.6 Å². The Kier molecular flexibility index (Phi) is 6.42. The summed E-state index contributed by atoms with van der Waals surface area (Å²) in [4.78, 5) is 22.7. The molecule has 0 aliphatic carbocycles. The van der Waals surface area contributed by atoms with E-state index in [2.05, 4.69) is 10.6 Å². The monoisotopic (exact) mass is 322 g/mol. The highest BCUT2D eigenvalue weighted by atomic mass is 35.5. The van der Waals surface area contributed by atoms with Crippen LogP contribution in [0.5, 0.6) is 0 Å². The molecule has 0 bridgehead atoms. The summed E-state index contributed by atoms with van der Waals surface area (Å²) < 4.78 is 0. The van der Waals surface area contributed by atoms with E-state index in [0.717, 1.165) is 0 Å². The molecule has 0 aliphatic heterocycles. The van der Waals surface area contributed by atoms with Gasteiger partial charge in [0, 0.05) is 22.3 Å². The van der Waals surface area contributed by atoms with Gasteiger partial charge in [-0.25, -0.2) is 4.79 Å². The first-order valence-corrected chi connectivity index (χ1v) is 6.84. The second-order valence-electron chi connectivity index (χ2n) is 3.85. The molecule has 1 aromatic carbocycles. The lowest BCUT2D eigenvalue weighted by Crippen LogP contribution is -2.40. The second-order valence-corrected chi connectivity index (χ2v) is 5.07. The largest absolute Gasteiger partial charge is 0.331 e. The first kappa shape index (κ1) is 16.1. The standard InChI is InChI=1S/C12H13Cl3N2O2/c1-7(9-3-2-8(14)6-10(9)15)16-12(19)17-11(18)4-5-13/h2-3,6-7H,4-5H2,1H3,(H2,16,17,18,19). The van der Waals surface area contributed by atoms with Crippen LogP contribution < -0.4 is 10.6 Å². The average molecular weight is 324 g/mol. The quantitative estimate of drug-likeness (QED) is 0.833. The van der Waals surface area contributed by atoms with E-state index in [1.165, 1.54) is 0 Å². The fourth-order valence-corrected chi connectivity index (χ4v) is 2.18. The predicted molar refractivity (Wildman–Crippen MR) is 76.9 cm³/mol. The summed E-state index contributed by atoms with van der Waals surface area (Å²) in [6.07, 6.45) is 0.0884. The van der Waals surface area contributed by atoms with Crippen LogP contribution in [-0.4, -0.2) is 17.8 Å². The molecule has 0 fully saturated rings. The van der Waals surface area contributed by atoms with E-state index in [4.69, 9.17) is 34.8 Å². The highest BCUT2D eigenvalue weighted by Gasteiger charge is 2.14. The number of rotatable bonds is 4. The van der Waals surface area contributed by atoms with Crippen LogP contribution in [0, 0.1) is 0 Å². The Morgan fingerprint density at radius 2 is 2.00 bits per heavy atom. The number of carbonyl (C=O) groups is 2. The number of halogens is 3. The number of amides is 3. The van der Waals surface area contributed by atoms with E-state index in [1.54, 1.807) is 25.1 Å². The van der Waals surface area contributed by atoms with Gasteiger partial charge >= 0.3 is 6.03 Å². The lowest BCUT2D eigenvalue weighted by atomic mass is 10.1. The smallest absolute Gasteiger partial charge is 0.321 e. The number of benzene rings is 1. The van der Waals surface area contributed by atoms with Crippen molar-refractivity contribution in [2.75, 3.05) is 5.88 Å². The molecule has 0 radical (unpaired) electrons. The van der Waals surface area contributed by atoms with Crippen LogP contribution in [0.3, 0.4) is 0 Å². The fourth-order valence-electron chi connectivity index (χ4n) is 1.44. The maximum Gasteiger partial charge on any atom is 0.321 e. The first-order chi connectivity index (χ1) is 8.93. The third-order valence-electron chi connectivity index (χ3n) is 2.35. The number of imide groups is 1. The zero-order valence-corrected chi connectivity index (χ0v) is 12.4. The highest BCUT2D eigenvalue weighted by Crippen LogP contribution is 2.25. The predicted octanol–water partition coefficient (Wildman–Crippen LogP) is 3.51. The van der Waals surface area contributed by atoms with Gasteiger partial charge in [-0.3, -0.25) is 10.1 Å². The van der Waals surface area contributed by atoms with Crippen LogP contribution in [-0.2, 0) is 4.79 Å². The minimum Gasteiger partial charge on any atom is -0.331 e. The summed E-state index contributed by atoms with van der Waals surface area (Å²) in [5, 5.41) is 5.74. The Morgan fingerprint density at radius 3 is 2.58 bits per heavy atom. The van der Waals surface area contributed by atoms with Crippen LogP contribution in [0.4, 0.5) is 4.79 Å². The van der Waals surface area contributed by atoms with Crippen molar-refractivity contribution in [3.63, 3.8) is 0 Å². The molecule has 1 atom stereocenters. The maximum atomic E-state index is 11.5. The van der Waals surface area contributed by atoms with Gasteiger partial charge in [0.2, 0.25) is 5.91 Å². The first-order valence-electron chi connectivity index (χ1n) is 5.55. The fraction of sp³-hybridized carbons (Fsp3) is 0.333. The summed E-state index contributed by atoms with van der Waals surface area (Å²) in [5.74, 6) is -0.264. The van der Waals surface area contributed by atoms with Crippen molar-refractivity contribution in [2.45, 2.75) is 19.4 Å². The Bertz CT molecular complexity index is 480. The molecule has 3 amide bonds. The van der Waals surface area contributed by atoms with E-state index in [-0.39, 0.29) is 18.3 Å². The van der Waals surface area contributed by atoms with Gasteiger partial charge in [0.1, 0.15) is 0 Å². The van der Waals surface area contributed by atoms with E-state index < -0.39 is 11.9 Å². The third kappa shape index (κ3) is 5.27. The summed E-state index contributed by atoms with van der Waals surface area (Å²) in [6, 6.07) is 4.04. The SMILES string of the molecule is CC(NC(=O)NC(=O)CCCl)c1ccc(Cl)cc1Cl. The molecule has 7 heteroatoms. The van der Waals surface area contributed by atoms with E-state index in [9.17, 15) is 9.59 Å². The van der Waals surface area contributed by atoms with Crippen molar-refractivity contribution >= 4 is 46.7 Å². The van der Waals surface area contributed by atoms with E-state index in [1.807, 2.05) is 0 Å². The zero-order valence-electron chi connectivity index (χ0n) is 10.2. The van der Waals surface area contributed by atoms with Crippen molar-refractivity contribution in [3.8, 4) is 0 Å². The van der Waals surface area contributed by atoms with Gasteiger partial charge in [0.05, 0.1) is 6.04 Å². The van der Waals surface area contributed by atoms with Crippen LogP contribution in [0.1, 0.15) is 24.9 Å². The molecule has 1 aromatic rings. The minimum atomic E-state index is -0.589. The van der Waals surface area contributed by atoms with Crippen molar-refractivity contribution in [1.29, 1.82) is 0 Å². The van der Waals surface area contributed by atoms with Gasteiger partial charge in [-0.1, -0.05) is 29.3 Å². The molecule has 19 heavy (non-hydrogen) atoms. The van der Waals surface area contributed by atoms with Crippen molar-refractivity contribution in [3.05, 3.63) is 33.8 Å². The molecule has 2 N–H and O–H groups in total. The number of hydrogen-bond acceptors (Lipinski definition) is 2. The third-order valence-corrected chi connectivity index (χ3v) is 3.10. The Balaban J connectivity index is 2.61. The summed E-state index contributed by atoms with van der Waals surface area (Å²) in [7, 11) is 0. The van der Waals surface area contributed by atoms with Gasteiger partial charge in [-0.05, 0) is 24.6 Å². The molecule has 104 valence electrons. The van der Waals surface area contributed by atoms with Crippen molar-refractivity contribution in [1.82, 2.24) is 10.6 Å². The second kappa shape index (κ2) is 7.58. The molecule has 0 saturated heterocycles. The highest BCUT2D eigenvalue weighted by molar-refractivity contribution is 6.35. The minimum absolute atomic E-state index is 0.0884. The maximum absolute atomic E-state index is 11.5. The molecule has 0 heterocycles. The number of alkyl halides is 1. The van der Waals surface area contributed by atoms with Gasteiger partial charge in [0.25, 0.3) is 0 Å². The van der Waals surface area contributed by atoms with Crippen LogP contribution in [0.25, 0.3) is 0 Å². The van der Waals surface area contributed by atoms with Gasteiger partial charge in [-0.2, -0.15) is 0 Å². The summed E-state index contributed by atoms with van der Waals surface area (Å²) in [5.41, 5.74) is 0.714. The van der Waals surface area contributed by atoms with Gasteiger partial charge in [0.15, 0.2) is 0 Å². The summed E-state index contributed by atoms with van der Waals surface area (Å²) >= 11 is 17.2. The molecule has 0 aliphatic rings. The molecule has 4 nitrogen and oxygen atoms in total. The van der Waals surface area contributed by atoms with E-state index >= 15 is 0 Å². The number of nitrogens with one attached hydrogen (secondary N) is 2. The van der Waals surface area contributed by atoms with Crippen molar-refractivity contribution in [2.24, 2.45) is 0 Å². The normalized spacial score (nSPS) is 11.8. The molecular formula is C12H13Cl3N2O2. The topological polar surface area (TPSA) is 58.2 Å². The molecule has 0 spiro atoms. The molecule has 1 unspecified atom stereocenters. The van der Waals surface area contributed by atoms with Crippen molar-refractivity contribution < 1.29 is 9.59 Å². The number of urea groups is 1.